The van der Waals surface area contributed by atoms with Gasteiger partial charge in [0.2, 0.25) is 0 Å². The van der Waals surface area contributed by atoms with Crippen LogP contribution in [0.4, 0.5) is 0 Å². The summed E-state index contributed by atoms with van der Waals surface area (Å²) in [6.45, 7) is 6.00. The fourth-order valence-corrected chi connectivity index (χ4v) is 2.68. The highest BCUT2D eigenvalue weighted by atomic mass is 16.1. The smallest absolute Gasteiger partial charge is 0.130 e. The molecule has 0 amide bonds. The van der Waals surface area contributed by atoms with Crippen molar-refractivity contribution in [3.8, 4) is 0 Å². The summed E-state index contributed by atoms with van der Waals surface area (Å²) >= 11 is 0. The Bertz CT molecular complexity index is 413. The van der Waals surface area contributed by atoms with Gasteiger partial charge in [0.15, 0.2) is 0 Å². The van der Waals surface area contributed by atoms with E-state index in [0.717, 1.165) is 5.92 Å². The van der Waals surface area contributed by atoms with E-state index in [1.807, 2.05) is 0 Å². The minimum absolute atomic E-state index is 0.0361. The molecule has 1 aliphatic rings. The van der Waals surface area contributed by atoms with Crippen LogP contribution < -0.4 is 0 Å². The van der Waals surface area contributed by atoms with Crippen molar-refractivity contribution in [2.45, 2.75) is 57.8 Å². The predicted molar refractivity (Wildman–Crippen MR) is 71.4 cm³/mol. The van der Waals surface area contributed by atoms with Gasteiger partial charge in [-0.25, -0.2) is 0 Å². The molecule has 0 radical (unpaired) electrons. The Morgan fingerprint density at radius 1 is 1.35 bits per heavy atom. The van der Waals surface area contributed by atoms with Crippen LogP contribution >= 0.6 is 0 Å². The molecule has 17 heavy (non-hydrogen) atoms. The van der Waals surface area contributed by atoms with E-state index in [0.29, 0.717) is 6.42 Å². The Balaban J connectivity index is 2.22. The van der Waals surface area contributed by atoms with Gasteiger partial charge in [-0.3, -0.25) is 4.79 Å². The fraction of sp³-hybridized carbons (Fsp3) is 0.562. The summed E-state index contributed by atoms with van der Waals surface area (Å²) in [6, 6.07) is 8.85. The van der Waals surface area contributed by atoms with Gasteiger partial charge in [0, 0.05) is 6.42 Å². The number of Topliss-reactive ketones (excluding diaryl/α,β-unsaturated/α-hetero) is 1. The Hall–Kier alpha value is -1.11. The maximum absolute atomic E-state index is 11.3. The van der Waals surface area contributed by atoms with Gasteiger partial charge < -0.3 is 0 Å². The Morgan fingerprint density at radius 3 is 2.59 bits per heavy atom. The second-order valence-electron chi connectivity index (χ2n) is 6.02. The van der Waals surface area contributed by atoms with Crippen LogP contribution in [0, 0.1) is 0 Å². The molecule has 1 fully saturated rings. The third kappa shape index (κ3) is 2.77. The van der Waals surface area contributed by atoms with Gasteiger partial charge in [-0.2, -0.15) is 0 Å². The average Bonchev–Trinajstić information content (AvgIpc) is 2.13. The van der Waals surface area contributed by atoms with E-state index in [9.17, 15) is 4.79 Å². The summed E-state index contributed by atoms with van der Waals surface area (Å²) in [4.78, 5) is 11.3. The van der Waals surface area contributed by atoms with Crippen molar-refractivity contribution in [3.05, 3.63) is 35.4 Å². The second-order valence-corrected chi connectivity index (χ2v) is 6.02. The molecule has 0 atom stereocenters. The number of ketones is 1. The van der Waals surface area contributed by atoms with Crippen LogP contribution in [0.15, 0.2) is 24.3 Å². The van der Waals surface area contributed by atoms with Crippen molar-refractivity contribution in [2.75, 3.05) is 0 Å². The summed E-state index contributed by atoms with van der Waals surface area (Å²) < 4.78 is 0. The summed E-state index contributed by atoms with van der Waals surface area (Å²) in [5.41, 5.74) is 2.73. The molecular formula is C16H22O. The fourth-order valence-electron chi connectivity index (χ4n) is 2.68. The van der Waals surface area contributed by atoms with Crippen molar-refractivity contribution >= 4 is 5.78 Å². The highest BCUT2D eigenvalue weighted by Gasteiger charge is 2.25. The lowest BCUT2D eigenvalue weighted by Crippen LogP contribution is -2.21. The van der Waals surface area contributed by atoms with Crippen LogP contribution in [0.1, 0.15) is 63.5 Å². The zero-order chi connectivity index (χ0) is 12.5. The topological polar surface area (TPSA) is 17.1 Å². The third-order valence-corrected chi connectivity index (χ3v) is 3.94. The summed E-state index contributed by atoms with van der Waals surface area (Å²) in [6.07, 6.45) is 4.65. The first-order valence-corrected chi connectivity index (χ1v) is 6.59. The average molecular weight is 230 g/mol. The zero-order valence-corrected chi connectivity index (χ0v) is 11.1. The molecule has 0 aromatic heterocycles. The molecule has 0 aliphatic heterocycles. The van der Waals surface area contributed by atoms with Crippen LogP contribution in [0.2, 0.25) is 0 Å². The Kier molecular flexibility index (Phi) is 3.37. The minimum Gasteiger partial charge on any atom is -0.300 e. The molecule has 0 saturated heterocycles. The molecular weight excluding hydrogens is 208 g/mol. The van der Waals surface area contributed by atoms with Gasteiger partial charge in [-0.15, -0.1) is 0 Å². The van der Waals surface area contributed by atoms with Crippen molar-refractivity contribution in [1.82, 2.24) is 0 Å². The first-order valence-electron chi connectivity index (χ1n) is 6.59. The summed E-state index contributed by atoms with van der Waals surface area (Å²) in [5.74, 6) is 1.03. The Morgan fingerprint density at radius 2 is 2.06 bits per heavy atom. The first kappa shape index (κ1) is 12.3. The van der Waals surface area contributed by atoms with E-state index in [2.05, 4.69) is 38.1 Å². The molecule has 92 valence electrons. The number of rotatable bonds is 4. The third-order valence-electron chi connectivity index (χ3n) is 3.94. The van der Waals surface area contributed by atoms with Gasteiger partial charge in [0.25, 0.3) is 0 Å². The SMILES string of the molecule is CC(=O)CC(C)(C)c1cccc(C2CCC2)c1. The normalized spacial score (nSPS) is 16.6. The molecule has 0 heterocycles. The lowest BCUT2D eigenvalue weighted by molar-refractivity contribution is -0.118. The second kappa shape index (κ2) is 4.64. The maximum Gasteiger partial charge on any atom is 0.130 e. The molecule has 1 heteroatoms. The lowest BCUT2D eigenvalue weighted by atomic mass is 9.75. The lowest BCUT2D eigenvalue weighted by Gasteiger charge is -2.29. The van der Waals surface area contributed by atoms with Crippen molar-refractivity contribution in [2.24, 2.45) is 0 Å². The highest BCUT2D eigenvalue weighted by molar-refractivity contribution is 5.77. The van der Waals surface area contributed by atoms with Gasteiger partial charge in [-0.05, 0) is 42.2 Å². The number of hydrogen-bond donors (Lipinski definition) is 0. The number of carbonyl (C=O) groups excluding carboxylic acids is 1. The van der Waals surface area contributed by atoms with Crippen molar-refractivity contribution in [3.63, 3.8) is 0 Å². The zero-order valence-electron chi connectivity index (χ0n) is 11.1. The van der Waals surface area contributed by atoms with E-state index in [1.165, 1.54) is 30.4 Å². The molecule has 1 nitrogen and oxygen atoms in total. The minimum atomic E-state index is -0.0361. The van der Waals surface area contributed by atoms with Gasteiger partial charge >= 0.3 is 0 Å². The molecule has 2 rings (SSSR count). The summed E-state index contributed by atoms with van der Waals surface area (Å²) in [7, 11) is 0. The van der Waals surface area contributed by atoms with Crippen LogP contribution in [0.25, 0.3) is 0 Å². The Labute approximate surface area is 104 Å². The van der Waals surface area contributed by atoms with Gasteiger partial charge in [0.1, 0.15) is 5.78 Å². The number of benzene rings is 1. The standard InChI is InChI=1S/C16H22O/c1-12(17)11-16(2,3)15-9-5-8-14(10-15)13-6-4-7-13/h5,8-10,13H,4,6-7,11H2,1-3H3. The molecule has 1 aromatic carbocycles. The maximum atomic E-state index is 11.3. The number of carbonyl (C=O) groups is 1. The summed E-state index contributed by atoms with van der Waals surface area (Å²) in [5, 5.41) is 0. The molecule has 1 aromatic rings. The first-order chi connectivity index (χ1) is 7.99. The van der Waals surface area contributed by atoms with Crippen molar-refractivity contribution in [1.29, 1.82) is 0 Å². The van der Waals surface area contributed by atoms with E-state index >= 15 is 0 Å². The molecule has 0 unspecified atom stereocenters. The molecule has 1 saturated carbocycles. The van der Waals surface area contributed by atoms with E-state index in [4.69, 9.17) is 0 Å². The predicted octanol–water partition coefficient (Wildman–Crippen LogP) is 4.21. The highest BCUT2D eigenvalue weighted by Crippen LogP contribution is 2.38. The van der Waals surface area contributed by atoms with Crippen LogP contribution in [-0.2, 0) is 10.2 Å². The largest absolute Gasteiger partial charge is 0.300 e. The monoisotopic (exact) mass is 230 g/mol. The molecule has 0 N–H and O–H groups in total. The van der Waals surface area contributed by atoms with Crippen LogP contribution in [0.5, 0.6) is 0 Å². The molecule has 0 bridgehead atoms. The quantitative estimate of drug-likeness (QED) is 0.757. The van der Waals surface area contributed by atoms with E-state index < -0.39 is 0 Å². The van der Waals surface area contributed by atoms with Crippen molar-refractivity contribution < 1.29 is 4.79 Å². The molecule has 0 spiro atoms. The van der Waals surface area contributed by atoms with Gasteiger partial charge in [-0.1, -0.05) is 44.5 Å². The van der Waals surface area contributed by atoms with E-state index in [1.54, 1.807) is 6.92 Å². The van der Waals surface area contributed by atoms with E-state index in [-0.39, 0.29) is 11.2 Å². The van der Waals surface area contributed by atoms with Gasteiger partial charge in [0.05, 0.1) is 0 Å². The van der Waals surface area contributed by atoms with Crippen LogP contribution in [-0.4, -0.2) is 5.78 Å². The molecule has 1 aliphatic carbocycles. The van der Waals surface area contributed by atoms with Crippen LogP contribution in [0.3, 0.4) is 0 Å². The number of hydrogen-bond acceptors (Lipinski definition) is 1.